The number of hydrogen-bond acceptors (Lipinski definition) is 3. The summed E-state index contributed by atoms with van der Waals surface area (Å²) in [7, 11) is 1.92. The Kier molecular flexibility index (Phi) is 4.59. The highest BCUT2D eigenvalue weighted by molar-refractivity contribution is 7.22. The summed E-state index contributed by atoms with van der Waals surface area (Å²) in [6.07, 6.45) is 0.436. The summed E-state index contributed by atoms with van der Waals surface area (Å²) in [6.45, 7) is 0.0831. The summed E-state index contributed by atoms with van der Waals surface area (Å²) in [5, 5.41) is 4.33. The maximum absolute atomic E-state index is 12.1. The second kappa shape index (κ2) is 6.79. The summed E-state index contributed by atoms with van der Waals surface area (Å²) >= 11 is 1.74. The van der Waals surface area contributed by atoms with E-state index >= 15 is 0 Å². The van der Waals surface area contributed by atoms with E-state index in [9.17, 15) is 4.39 Å². The van der Waals surface area contributed by atoms with E-state index in [1.807, 2.05) is 19.2 Å². The maximum atomic E-state index is 12.1. The molecule has 22 heavy (non-hydrogen) atoms. The normalized spacial score (nSPS) is 10.8. The quantitative estimate of drug-likeness (QED) is 0.619. The van der Waals surface area contributed by atoms with Crippen LogP contribution in [0.4, 0.5) is 10.1 Å². The maximum Gasteiger partial charge on any atom is 0.120 e. The standard InChI is InChI=1S/C18H18FNOS/c1-20-15-6-3-13(4-7-15)17-11-14-5-8-16(12-18(14)22-17)21-10-2-9-19/h3-8,11-12,20H,2,9-10H2,1H3. The lowest BCUT2D eigenvalue weighted by Gasteiger charge is -2.03. The topological polar surface area (TPSA) is 21.3 Å². The predicted molar refractivity (Wildman–Crippen MR) is 92.9 cm³/mol. The zero-order valence-corrected chi connectivity index (χ0v) is 13.3. The SMILES string of the molecule is CNc1ccc(-c2cc3ccc(OCCCF)cc3s2)cc1. The molecule has 2 nitrogen and oxygen atoms in total. The molecule has 0 unspecified atom stereocenters. The number of anilines is 1. The van der Waals surface area contributed by atoms with E-state index in [0.717, 1.165) is 11.4 Å². The monoisotopic (exact) mass is 315 g/mol. The van der Waals surface area contributed by atoms with Crippen molar-refractivity contribution in [3.8, 4) is 16.2 Å². The second-order valence-electron chi connectivity index (χ2n) is 5.03. The number of benzene rings is 2. The third kappa shape index (κ3) is 3.22. The Morgan fingerprint density at radius 1 is 1.09 bits per heavy atom. The molecule has 3 rings (SSSR count). The molecule has 0 radical (unpaired) electrons. The van der Waals surface area contributed by atoms with E-state index in [2.05, 4.69) is 41.7 Å². The number of fused-ring (bicyclic) bond motifs is 1. The predicted octanol–water partition coefficient (Wildman–Crippen LogP) is 5.35. The van der Waals surface area contributed by atoms with Crippen LogP contribution >= 0.6 is 11.3 Å². The van der Waals surface area contributed by atoms with Gasteiger partial charge < -0.3 is 10.1 Å². The van der Waals surface area contributed by atoms with E-state index in [0.29, 0.717) is 13.0 Å². The van der Waals surface area contributed by atoms with E-state index in [-0.39, 0.29) is 6.67 Å². The molecule has 1 aromatic heterocycles. The van der Waals surface area contributed by atoms with Crippen LogP contribution in [0.5, 0.6) is 5.75 Å². The number of rotatable bonds is 6. The number of hydrogen-bond donors (Lipinski definition) is 1. The molecule has 114 valence electrons. The molecule has 2 aromatic carbocycles. The molecule has 0 aliphatic carbocycles. The Morgan fingerprint density at radius 3 is 2.64 bits per heavy atom. The number of alkyl halides is 1. The van der Waals surface area contributed by atoms with Gasteiger partial charge in [-0.3, -0.25) is 4.39 Å². The molecular weight excluding hydrogens is 297 g/mol. The van der Waals surface area contributed by atoms with Crippen molar-refractivity contribution < 1.29 is 9.13 Å². The lowest BCUT2D eigenvalue weighted by Crippen LogP contribution is -1.97. The third-order valence-electron chi connectivity index (χ3n) is 3.50. The van der Waals surface area contributed by atoms with Gasteiger partial charge in [-0.25, -0.2) is 0 Å². The van der Waals surface area contributed by atoms with Gasteiger partial charge in [-0.1, -0.05) is 12.1 Å². The lowest BCUT2D eigenvalue weighted by atomic mass is 10.1. The van der Waals surface area contributed by atoms with E-state index in [4.69, 9.17) is 4.74 Å². The van der Waals surface area contributed by atoms with Gasteiger partial charge in [0.05, 0.1) is 13.3 Å². The Bertz CT molecular complexity index is 751. The largest absolute Gasteiger partial charge is 0.493 e. The van der Waals surface area contributed by atoms with Crippen molar-refractivity contribution in [3.05, 3.63) is 48.5 Å². The highest BCUT2D eigenvalue weighted by atomic mass is 32.1. The minimum absolute atomic E-state index is 0.339. The van der Waals surface area contributed by atoms with Crippen molar-refractivity contribution in [1.82, 2.24) is 0 Å². The van der Waals surface area contributed by atoms with Crippen LogP contribution in [0.25, 0.3) is 20.5 Å². The third-order valence-corrected chi connectivity index (χ3v) is 4.64. The van der Waals surface area contributed by atoms with Gasteiger partial charge in [0.1, 0.15) is 5.75 Å². The van der Waals surface area contributed by atoms with Gasteiger partial charge >= 0.3 is 0 Å². The molecule has 3 aromatic rings. The fourth-order valence-electron chi connectivity index (χ4n) is 2.29. The van der Waals surface area contributed by atoms with E-state index in [1.165, 1.54) is 20.5 Å². The summed E-state index contributed by atoms with van der Waals surface area (Å²) in [4.78, 5) is 1.23. The minimum Gasteiger partial charge on any atom is -0.493 e. The van der Waals surface area contributed by atoms with Gasteiger partial charge in [-0.05, 0) is 47.3 Å². The molecule has 0 atom stereocenters. The molecule has 0 fully saturated rings. The van der Waals surface area contributed by atoms with Crippen molar-refractivity contribution >= 4 is 27.1 Å². The molecule has 0 saturated carbocycles. The molecule has 4 heteroatoms. The average Bonchev–Trinajstić information content (AvgIpc) is 2.98. The first-order chi connectivity index (χ1) is 10.8. The van der Waals surface area contributed by atoms with Crippen LogP contribution in [-0.2, 0) is 0 Å². The Labute approximate surface area is 133 Å². The zero-order valence-electron chi connectivity index (χ0n) is 12.4. The first kappa shape index (κ1) is 14.9. The van der Waals surface area contributed by atoms with Crippen LogP contribution in [0.2, 0.25) is 0 Å². The van der Waals surface area contributed by atoms with Crippen LogP contribution in [0.3, 0.4) is 0 Å². The summed E-state index contributed by atoms with van der Waals surface area (Å²) in [5.74, 6) is 0.805. The van der Waals surface area contributed by atoms with Crippen molar-refractivity contribution in [2.24, 2.45) is 0 Å². The lowest BCUT2D eigenvalue weighted by molar-refractivity contribution is 0.290. The summed E-state index contributed by atoms with van der Waals surface area (Å²) in [6, 6.07) is 16.6. The first-order valence-corrected chi connectivity index (χ1v) is 8.12. The highest BCUT2D eigenvalue weighted by Gasteiger charge is 2.06. The molecule has 0 spiro atoms. The van der Waals surface area contributed by atoms with Crippen LogP contribution in [-0.4, -0.2) is 20.3 Å². The highest BCUT2D eigenvalue weighted by Crippen LogP contribution is 2.35. The molecule has 0 saturated heterocycles. The van der Waals surface area contributed by atoms with Crippen molar-refractivity contribution in [3.63, 3.8) is 0 Å². The minimum atomic E-state index is -0.339. The molecule has 0 aliphatic heterocycles. The second-order valence-corrected chi connectivity index (χ2v) is 6.11. The molecule has 0 bridgehead atoms. The van der Waals surface area contributed by atoms with Crippen molar-refractivity contribution in [2.75, 3.05) is 25.6 Å². The summed E-state index contributed by atoms with van der Waals surface area (Å²) < 4.78 is 18.9. The smallest absolute Gasteiger partial charge is 0.120 e. The molecule has 0 aliphatic rings. The molecular formula is C18H18FNOS. The van der Waals surface area contributed by atoms with Crippen LogP contribution in [0.1, 0.15) is 6.42 Å². The summed E-state index contributed by atoms with van der Waals surface area (Å²) in [5.41, 5.74) is 2.31. The van der Waals surface area contributed by atoms with Crippen LogP contribution in [0, 0.1) is 0 Å². The first-order valence-electron chi connectivity index (χ1n) is 7.31. The number of ether oxygens (including phenoxy) is 1. The van der Waals surface area contributed by atoms with Gasteiger partial charge in [-0.2, -0.15) is 0 Å². The van der Waals surface area contributed by atoms with Crippen molar-refractivity contribution in [2.45, 2.75) is 6.42 Å². The van der Waals surface area contributed by atoms with Crippen LogP contribution < -0.4 is 10.1 Å². The van der Waals surface area contributed by atoms with E-state index < -0.39 is 0 Å². The Hall–Kier alpha value is -2.07. The molecule has 1 N–H and O–H groups in total. The van der Waals surface area contributed by atoms with Gasteiger partial charge in [0.15, 0.2) is 0 Å². The Balaban J connectivity index is 1.85. The fourth-order valence-corrected chi connectivity index (χ4v) is 3.39. The number of thiophene rings is 1. The zero-order chi connectivity index (χ0) is 15.4. The fraction of sp³-hybridized carbons (Fsp3) is 0.222. The average molecular weight is 315 g/mol. The van der Waals surface area contributed by atoms with Gasteiger partial charge in [0.25, 0.3) is 0 Å². The molecule has 0 amide bonds. The molecule has 1 heterocycles. The van der Waals surface area contributed by atoms with Gasteiger partial charge in [-0.15, -0.1) is 11.3 Å². The van der Waals surface area contributed by atoms with E-state index in [1.54, 1.807) is 11.3 Å². The van der Waals surface area contributed by atoms with Gasteiger partial charge in [0.2, 0.25) is 0 Å². The van der Waals surface area contributed by atoms with Gasteiger partial charge in [0, 0.05) is 28.7 Å². The van der Waals surface area contributed by atoms with Crippen molar-refractivity contribution in [1.29, 1.82) is 0 Å². The number of halogens is 1. The number of nitrogens with one attached hydrogen (secondary N) is 1. The van der Waals surface area contributed by atoms with Crippen LogP contribution in [0.15, 0.2) is 48.5 Å². The Morgan fingerprint density at radius 2 is 1.91 bits per heavy atom.